The molecule has 5 nitrogen and oxygen atoms in total. The van der Waals surface area contributed by atoms with Crippen LogP contribution in [0.15, 0.2) is 24.3 Å². The first kappa shape index (κ1) is 16.2. The molecule has 2 amide bonds. The van der Waals surface area contributed by atoms with E-state index in [2.05, 4.69) is 10.6 Å². The van der Waals surface area contributed by atoms with Crippen LogP contribution in [-0.2, 0) is 20.7 Å². The van der Waals surface area contributed by atoms with E-state index in [9.17, 15) is 9.59 Å². The lowest BCUT2D eigenvalue weighted by Gasteiger charge is -2.07. The molecular formula is C15H22N2O3. The molecule has 1 aromatic carbocycles. The Kier molecular flexibility index (Phi) is 7.35. The van der Waals surface area contributed by atoms with Gasteiger partial charge in [0.1, 0.15) is 0 Å². The zero-order valence-electron chi connectivity index (χ0n) is 12.1. The lowest BCUT2D eigenvalue weighted by molar-refractivity contribution is -0.120. The van der Waals surface area contributed by atoms with Gasteiger partial charge in [-0.2, -0.15) is 0 Å². The third kappa shape index (κ3) is 6.33. The van der Waals surface area contributed by atoms with Crippen molar-refractivity contribution >= 4 is 17.5 Å². The number of hydrogen-bond donors (Lipinski definition) is 2. The van der Waals surface area contributed by atoms with Gasteiger partial charge in [0.05, 0.1) is 13.0 Å². The maximum atomic E-state index is 11.6. The molecule has 0 unspecified atom stereocenters. The number of benzene rings is 1. The summed E-state index contributed by atoms with van der Waals surface area (Å²) in [7, 11) is 1.59. The number of anilines is 1. The van der Waals surface area contributed by atoms with Crippen LogP contribution >= 0.6 is 0 Å². The van der Waals surface area contributed by atoms with E-state index in [1.165, 1.54) is 0 Å². The minimum absolute atomic E-state index is 0.0116. The third-order valence-electron chi connectivity index (χ3n) is 2.71. The van der Waals surface area contributed by atoms with Crippen LogP contribution in [0.1, 0.15) is 25.3 Å². The Hall–Kier alpha value is -1.88. The van der Waals surface area contributed by atoms with Gasteiger partial charge in [-0.15, -0.1) is 0 Å². The Bertz CT molecular complexity index is 429. The second-order valence-corrected chi connectivity index (χ2v) is 4.51. The van der Waals surface area contributed by atoms with Crippen LogP contribution in [0.3, 0.4) is 0 Å². The number of hydrogen-bond acceptors (Lipinski definition) is 3. The minimum Gasteiger partial charge on any atom is -0.383 e. The number of ether oxygens (including phenoxy) is 1. The van der Waals surface area contributed by atoms with E-state index in [4.69, 9.17) is 4.74 Å². The van der Waals surface area contributed by atoms with Crippen molar-refractivity contribution in [3.05, 3.63) is 29.8 Å². The van der Waals surface area contributed by atoms with Crippen LogP contribution in [0.5, 0.6) is 0 Å². The number of carbonyl (C=O) groups is 2. The Morgan fingerprint density at radius 2 is 1.85 bits per heavy atom. The molecule has 0 atom stereocenters. The molecule has 0 aliphatic rings. The molecule has 1 aromatic rings. The van der Waals surface area contributed by atoms with Crippen molar-refractivity contribution in [3.8, 4) is 0 Å². The molecule has 0 bridgehead atoms. The summed E-state index contributed by atoms with van der Waals surface area (Å²) in [5, 5.41) is 5.57. The predicted octanol–water partition coefficient (Wildman–Crippen LogP) is 1.73. The van der Waals surface area contributed by atoms with E-state index in [1.807, 2.05) is 31.2 Å². The van der Waals surface area contributed by atoms with Gasteiger partial charge in [0.15, 0.2) is 0 Å². The lowest BCUT2D eigenvalue weighted by Crippen LogP contribution is -2.28. The fourth-order valence-electron chi connectivity index (χ4n) is 1.70. The molecule has 0 fully saturated rings. The highest BCUT2D eigenvalue weighted by molar-refractivity contribution is 5.90. The summed E-state index contributed by atoms with van der Waals surface area (Å²) in [6.45, 7) is 2.99. The highest BCUT2D eigenvalue weighted by Gasteiger charge is 2.04. The van der Waals surface area contributed by atoms with Crippen molar-refractivity contribution in [2.75, 3.05) is 25.6 Å². The number of carbonyl (C=O) groups excluding carboxylic acids is 2. The maximum Gasteiger partial charge on any atom is 0.224 e. The predicted molar refractivity (Wildman–Crippen MR) is 78.6 cm³/mol. The molecule has 0 saturated heterocycles. The average Bonchev–Trinajstić information content (AvgIpc) is 2.41. The van der Waals surface area contributed by atoms with Crippen LogP contribution < -0.4 is 10.6 Å². The smallest absolute Gasteiger partial charge is 0.224 e. The minimum atomic E-state index is -0.0372. The van der Waals surface area contributed by atoms with Gasteiger partial charge >= 0.3 is 0 Å². The fourth-order valence-corrected chi connectivity index (χ4v) is 1.70. The normalized spacial score (nSPS) is 10.1. The fraction of sp³-hybridized carbons (Fsp3) is 0.467. The van der Waals surface area contributed by atoms with Gasteiger partial charge < -0.3 is 15.4 Å². The molecule has 110 valence electrons. The van der Waals surface area contributed by atoms with Gasteiger partial charge in [-0.25, -0.2) is 0 Å². The second kappa shape index (κ2) is 9.09. The zero-order chi connectivity index (χ0) is 14.8. The average molecular weight is 278 g/mol. The number of rotatable bonds is 8. The standard InChI is InChI=1S/C15H22N2O3/c1-3-4-14(18)17-13-7-5-12(6-8-13)11-15(19)16-9-10-20-2/h5-8H,3-4,9-11H2,1-2H3,(H,16,19)(H,17,18). The highest BCUT2D eigenvalue weighted by Crippen LogP contribution is 2.10. The number of methoxy groups -OCH3 is 1. The summed E-state index contributed by atoms with van der Waals surface area (Å²) < 4.78 is 4.86. The molecule has 0 heterocycles. The van der Waals surface area contributed by atoms with E-state index < -0.39 is 0 Å². The summed E-state index contributed by atoms with van der Waals surface area (Å²) in [6, 6.07) is 7.31. The first-order valence-corrected chi connectivity index (χ1v) is 6.80. The van der Waals surface area contributed by atoms with E-state index in [0.29, 0.717) is 26.0 Å². The first-order chi connectivity index (χ1) is 9.65. The van der Waals surface area contributed by atoms with Gasteiger partial charge in [0, 0.05) is 25.8 Å². The van der Waals surface area contributed by atoms with E-state index in [1.54, 1.807) is 7.11 Å². The second-order valence-electron chi connectivity index (χ2n) is 4.51. The molecule has 0 aliphatic carbocycles. The van der Waals surface area contributed by atoms with E-state index in [0.717, 1.165) is 17.7 Å². The Balaban J connectivity index is 2.42. The van der Waals surface area contributed by atoms with Crippen molar-refractivity contribution < 1.29 is 14.3 Å². The van der Waals surface area contributed by atoms with Crippen molar-refractivity contribution in [2.45, 2.75) is 26.2 Å². The summed E-state index contributed by atoms with van der Waals surface area (Å²) in [5.41, 5.74) is 1.67. The zero-order valence-corrected chi connectivity index (χ0v) is 12.1. The summed E-state index contributed by atoms with van der Waals surface area (Å²) in [6.07, 6.45) is 1.67. The van der Waals surface area contributed by atoms with Crippen molar-refractivity contribution in [3.63, 3.8) is 0 Å². The monoisotopic (exact) mass is 278 g/mol. The van der Waals surface area contributed by atoms with Crippen LogP contribution in [0.25, 0.3) is 0 Å². The molecule has 20 heavy (non-hydrogen) atoms. The van der Waals surface area contributed by atoms with Crippen molar-refractivity contribution in [2.24, 2.45) is 0 Å². The van der Waals surface area contributed by atoms with Crippen LogP contribution in [0.4, 0.5) is 5.69 Å². The SMILES string of the molecule is CCCC(=O)Nc1ccc(CC(=O)NCCOC)cc1. The Morgan fingerprint density at radius 1 is 1.15 bits per heavy atom. The van der Waals surface area contributed by atoms with Crippen molar-refractivity contribution in [1.29, 1.82) is 0 Å². The molecule has 0 aliphatic heterocycles. The van der Waals surface area contributed by atoms with Gasteiger partial charge in [-0.05, 0) is 24.1 Å². The molecular weight excluding hydrogens is 256 g/mol. The summed E-state index contributed by atoms with van der Waals surface area (Å²) >= 11 is 0. The molecule has 0 saturated carbocycles. The van der Waals surface area contributed by atoms with Gasteiger partial charge in [-0.3, -0.25) is 9.59 Å². The summed E-state index contributed by atoms with van der Waals surface area (Å²) in [5.74, 6) is -0.0256. The molecule has 1 rings (SSSR count). The number of amides is 2. The maximum absolute atomic E-state index is 11.6. The topological polar surface area (TPSA) is 67.4 Å². The molecule has 5 heteroatoms. The lowest BCUT2D eigenvalue weighted by atomic mass is 10.1. The number of nitrogens with one attached hydrogen (secondary N) is 2. The van der Waals surface area contributed by atoms with Crippen LogP contribution in [0, 0.1) is 0 Å². The van der Waals surface area contributed by atoms with Crippen LogP contribution in [-0.4, -0.2) is 32.1 Å². The quantitative estimate of drug-likeness (QED) is 0.712. The van der Waals surface area contributed by atoms with Crippen molar-refractivity contribution in [1.82, 2.24) is 5.32 Å². The Morgan fingerprint density at radius 3 is 2.45 bits per heavy atom. The van der Waals surface area contributed by atoms with Gasteiger partial charge in [0.25, 0.3) is 0 Å². The first-order valence-electron chi connectivity index (χ1n) is 6.80. The largest absolute Gasteiger partial charge is 0.383 e. The third-order valence-corrected chi connectivity index (χ3v) is 2.71. The Labute approximate surface area is 119 Å². The molecule has 0 spiro atoms. The van der Waals surface area contributed by atoms with E-state index in [-0.39, 0.29) is 11.8 Å². The highest BCUT2D eigenvalue weighted by atomic mass is 16.5. The van der Waals surface area contributed by atoms with Gasteiger partial charge in [-0.1, -0.05) is 19.1 Å². The molecule has 2 N–H and O–H groups in total. The molecule has 0 aromatic heterocycles. The molecule has 0 radical (unpaired) electrons. The van der Waals surface area contributed by atoms with E-state index >= 15 is 0 Å². The van der Waals surface area contributed by atoms with Gasteiger partial charge in [0.2, 0.25) is 11.8 Å². The van der Waals surface area contributed by atoms with Crippen LogP contribution in [0.2, 0.25) is 0 Å². The summed E-state index contributed by atoms with van der Waals surface area (Å²) in [4.78, 5) is 23.0.